The van der Waals surface area contributed by atoms with Crippen molar-refractivity contribution in [2.75, 3.05) is 27.2 Å². The predicted octanol–water partition coefficient (Wildman–Crippen LogP) is 3.43. The van der Waals surface area contributed by atoms with Crippen LogP contribution in [0, 0.1) is 0 Å². The topological polar surface area (TPSA) is 49.8 Å². The molecule has 2 rings (SSSR count). The van der Waals surface area contributed by atoms with Crippen molar-refractivity contribution in [2.24, 2.45) is 0 Å². The molecule has 0 amide bonds. The van der Waals surface area contributed by atoms with E-state index in [1.165, 1.54) is 0 Å². The summed E-state index contributed by atoms with van der Waals surface area (Å²) in [5.74, 6) is -0.611. The van der Waals surface area contributed by atoms with Crippen LogP contribution < -0.4 is 4.74 Å². The SMILES string of the molecule is CN(C)CCCOc1ccccc1CC(C(=O)O)c1ccccc1. The minimum atomic E-state index is -0.816. The molecule has 4 heteroatoms. The van der Waals surface area contributed by atoms with Gasteiger partial charge in [0.1, 0.15) is 5.75 Å². The summed E-state index contributed by atoms with van der Waals surface area (Å²) in [6.45, 7) is 1.59. The number of aliphatic carboxylic acids is 1. The van der Waals surface area contributed by atoms with Gasteiger partial charge in [-0.2, -0.15) is 0 Å². The molecule has 0 radical (unpaired) electrons. The summed E-state index contributed by atoms with van der Waals surface area (Å²) in [6, 6.07) is 17.1. The van der Waals surface area contributed by atoms with E-state index in [2.05, 4.69) is 4.90 Å². The van der Waals surface area contributed by atoms with Crippen LogP contribution in [0.4, 0.5) is 0 Å². The summed E-state index contributed by atoms with van der Waals surface area (Å²) in [6.07, 6.45) is 1.35. The second-order valence-electron chi connectivity index (χ2n) is 6.12. The first-order valence-electron chi connectivity index (χ1n) is 8.21. The van der Waals surface area contributed by atoms with Crippen molar-refractivity contribution in [3.05, 3.63) is 65.7 Å². The molecule has 0 spiro atoms. The van der Waals surface area contributed by atoms with Gasteiger partial charge in [-0.1, -0.05) is 48.5 Å². The molecule has 2 aromatic carbocycles. The Morgan fingerprint density at radius 2 is 1.75 bits per heavy atom. The second-order valence-corrected chi connectivity index (χ2v) is 6.12. The number of hydrogen-bond donors (Lipinski definition) is 1. The Balaban J connectivity index is 2.09. The Kier molecular flexibility index (Phi) is 6.82. The zero-order chi connectivity index (χ0) is 17.4. The number of carboxylic acids is 1. The number of hydrogen-bond acceptors (Lipinski definition) is 3. The zero-order valence-electron chi connectivity index (χ0n) is 14.3. The summed E-state index contributed by atoms with van der Waals surface area (Å²) in [5.41, 5.74) is 1.74. The van der Waals surface area contributed by atoms with Gasteiger partial charge in [-0.05, 0) is 44.1 Å². The van der Waals surface area contributed by atoms with Gasteiger partial charge in [0.15, 0.2) is 0 Å². The lowest BCUT2D eigenvalue weighted by atomic mass is 9.92. The molecule has 0 aromatic heterocycles. The number of para-hydroxylation sites is 1. The fraction of sp³-hybridized carbons (Fsp3) is 0.350. The zero-order valence-corrected chi connectivity index (χ0v) is 14.3. The molecule has 128 valence electrons. The van der Waals surface area contributed by atoms with Gasteiger partial charge in [-0.25, -0.2) is 0 Å². The number of carboxylic acid groups (broad SMARTS) is 1. The van der Waals surface area contributed by atoms with Crippen molar-refractivity contribution in [2.45, 2.75) is 18.8 Å². The molecular weight excluding hydrogens is 302 g/mol. The van der Waals surface area contributed by atoms with E-state index in [1.54, 1.807) is 0 Å². The van der Waals surface area contributed by atoms with Gasteiger partial charge in [0.2, 0.25) is 0 Å². The maximum atomic E-state index is 11.7. The lowest BCUT2D eigenvalue weighted by Gasteiger charge is -2.17. The molecule has 0 saturated heterocycles. The van der Waals surface area contributed by atoms with Crippen LogP contribution in [0.3, 0.4) is 0 Å². The molecular formula is C20H25NO3. The van der Waals surface area contributed by atoms with E-state index in [0.717, 1.165) is 29.8 Å². The Labute approximate surface area is 143 Å². The number of nitrogens with zero attached hydrogens (tertiary/aromatic N) is 1. The number of ether oxygens (including phenoxy) is 1. The van der Waals surface area contributed by atoms with Gasteiger partial charge in [-0.3, -0.25) is 4.79 Å². The third-order valence-corrected chi connectivity index (χ3v) is 3.90. The third kappa shape index (κ3) is 5.39. The maximum Gasteiger partial charge on any atom is 0.311 e. The highest BCUT2D eigenvalue weighted by Gasteiger charge is 2.21. The standard InChI is InChI=1S/C20H25NO3/c1-21(2)13-8-14-24-19-12-7-6-11-17(19)15-18(20(22)23)16-9-4-3-5-10-16/h3-7,9-12,18H,8,13-15H2,1-2H3,(H,22,23). The fourth-order valence-corrected chi connectivity index (χ4v) is 2.63. The normalized spacial score (nSPS) is 12.1. The lowest BCUT2D eigenvalue weighted by Crippen LogP contribution is -2.17. The lowest BCUT2D eigenvalue weighted by molar-refractivity contribution is -0.138. The Morgan fingerprint density at radius 1 is 1.08 bits per heavy atom. The van der Waals surface area contributed by atoms with E-state index in [4.69, 9.17) is 4.74 Å². The van der Waals surface area contributed by atoms with Crippen molar-refractivity contribution < 1.29 is 14.6 Å². The number of carbonyl (C=O) groups is 1. The summed E-state index contributed by atoms with van der Waals surface area (Å²) < 4.78 is 5.88. The molecule has 4 nitrogen and oxygen atoms in total. The molecule has 1 atom stereocenters. The van der Waals surface area contributed by atoms with Gasteiger partial charge in [-0.15, -0.1) is 0 Å². The molecule has 2 aromatic rings. The van der Waals surface area contributed by atoms with E-state index < -0.39 is 11.9 Å². The monoisotopic (exact) mass is 327 g/mol. The van der Waals surface area contributed by atoms with Crippen molar-refractivity contribution in [1.29, 1.82) is 0 Å². The van der Waals surface area contributed by atoms with E-state index in [1.807, 2.05) is 68.7 Å². The third-order valence-electron chi connectivity index (χ3n) is 3.90. The minimum Gasteiger partial charge on any atom is -0.493 e. The first kappa shape index (κ1) is 18.0. The largest absolute Gasteiger partial charge is 0.493 e. The average molecular weight is 327 g/mol. The van der Waals surface area contributed by atoms with Crippen molar-refractivity contribution in [3.8, 4) is 5.75 Å². The van der Waals surface area contributed by atoms with Crippen LogP contribution in [0.25, 0.3) is 0 Å². The summed E-state index contributed by atoms with van der Waals surface area (Å²) in [7, 11) is 4.07. The quantitative estimate of drug-likeness (QED) is 0.717. The Morgan fingerprint density at radius 3 is 2.42 bits per heavy atom. The highest BCUT2D eigenvalue weighted by Crippen LogP contribution is 2.27. The van der Waals surface area contributed by atoms with Crippen LogP contribution in [0.1, 0.15) is 23.5 Å². The number of rotatable bonds is 9. The van der Waals surface area contributed by atoms with Gasteiger partial charge >= 0.3 is 5.97 Å². The van der Waals surface area contributed by atoms with Gasteiger partial charge in [0.25, 0.3) is 0 Å². The van der Waals surface area contributed by atoms with Crippen LogP contribution in [0.5, 0.6) is 5.75 Å². The van der Waals surface area contributed by atoms with Crippen LogP contribution in [-0.4, -0.2) is 43.2 Å². The Hall–Kier alpha value is -2.33. The van der Waals surface area contributed by atoms with Crippen molar-refractivity contribution in [1.82, 2.24) is 4.90 Å². The van der Waals surface area contributed by atoms with Crippen LogP contribution in [0.15, 0.2) is 54.6 Å². The van der Waals surface area contributed by atoms with Crippen LogP contribution >= 0.6 is 0 Å². The minimum absolute atomic E-state index is 0.420. The first-order chi connectivity index (χ1) is 11.6. The summed E-state index contributed by atoms with van der Waals surface area (Å²) in [4.78, 5) is 13.8. The highest BCUT2D eigenvalue weighted by molar-refractivity contribution is 5.76. The summed E-state index contributed by atoms with van der Waals surface area (Å²) in [5, 5.41) is 9.61. The van der Waals surface area contributed by atoms with E-state index in [9.17, 15) is 9.90 Å². The van der Waals surface area contributed by atoms with Gasteiger partial charge in [0.05, 0.1) is 12.5 Å². The molecule has 0 aliphatic carbocycles. The van der Waals surface area contributed by atoms with Gasteiger partial charge < -0.3 is 14.7 Å². The molecule has 1 unspecified atom stereocenters. The Bertz CT molecular complexity index is 640. The molecule has 0 aliphatic rings. The highest BCUT2D eigenvalue weighted by atomic mass is 16.5. The molecule has 0 aliphatic heterocycles. The fourth-order valence-electron chi connectivity index (χ4n) is 2.63. The van der Waals surface area contributed by atoms with Crippen molar-refractivity contribution in [3.63, 3.8) is 0 Å². The van der Waals surface area contributed by atoms with Gasteiger partial charge in [0, 0.05) is 6.54 Å². The van der Waals surface area contributed by atoms with Crippen LogP contribution in [0.2, 0.25) is 0 Å². The maximum absolute atomic E-state index is 11.7. The molecule has 0 heterocycles. The van der Waals surface area contributed by atoms with E-state index in [-0.39, 0.29) is 0 Å². The predicted molar refractivity (Wildman–Crippen MR) is 95.6 cm³/mol. The first-order valence-corrected chi connectivity index (χ1v) is 8.21. The number of benzene rings is 2. The van der Waals surface area contributed by atoms with E-state index >= 15 is 0 Å². The summed E-state index contributed by atoms with van der Waals surface area (Å²) >= 11 is 0. The smallest absolute Gasteiger partial charge is 0.311 e. The average Bonchev–Trinajstić information content (AvgIpc) is 2.58. The van der Waals surface area contributed by atoms with Crippen molar-refractivity contribution >= 4 is 5.97 Å². The molecule has 0 fully saturated rings. The molecule has 1 N–H and O–H groups in total. The molecule has 0 saturated carbocycles. The second kappa shape index (κ2) is 9.08. The molecule has 24 heavy (non-hydrogen) atoms. The van der Waals surface area contributed by atoms with Crippen LogP contribution in [-0.2, 0) is 11.2 Å². The van der Waals surface area contributed by atoms with E-state index in [0.29, 0.717) is 13.0 Å². The molecule has 0 bridgehead atoms.